The van der Waals surface area contributed by atoms with Crippen molar-refractivity contribution in [3.05, 3.63) is 11.6 Å². The zero-order valence-electron chi connectivity index (χ0n) is 6.64. The molecule has 1 N–H and O–H groups in total. The van der Waals surface area contributed by atoms with Gasteiger partial charge in [0.15, 0.2) is 0 Å². The Labute approximate surface area is 61.3 Å². The summed E-state index contributed by atoms with van der Waals surface area (Å²) >= 11 is 0. The third-order valence-electron chi connectivity index (χ3n) is 2.20. The van der Waals surface area contributed by atoms with Gasteiger partial charge in [0, 0.05) is 12.1 Å². The van der Waals surface area contributed by atoms with E-state index < -0.39 is 0 Å². The number of amides is 1. The van der Waals surface area contributed by atoms with Gasteiger partial charge in [-0.1, -0.05) is 12.5 Å². The number of rotatable bonds is 0. The number of carbonyl (C=O) groups excluding carboxylic acids is 1. The topological polar surface area (TPSA) is 29.1 Å². The molecule has 1 rings (SSSR count). The molecule has 2 heteroatoms. The normalized spacial score (nSPS) is 33.1. The minimum Gasteiger partial charge on any atom is -0.350 e. The third kappa shape index (κ3) is 1.20. The van der Waals surface area contributed by atoms with Crippen molar-refractivity contribution in [2.45, 2.75) is 26.8 Å². The van der Waals surface area contributed by atoms with E-state index in [0.29, 0.717) is 5.92 Å². The van der Waals surface area contributed by atoms with Gasteiger partial charge in [-0.3, -0.25) is 4.79 Å². The molecule has 56 valence electrons. The lowest BCUT2D eigenvalue weighted by atomic mass is 9.92. The van der Waals surface area contributed by atoms with Crippen molar-refractivity contribution in [1.29, 1.82) is 0 Å². The summed E-state index contributed by atoms with van der Waals surface area (Å²) in [7, 11) is 0. The summed E-state index contributed by atoms with van der Waals surface area (Å²) < 4.78 is 0. The summed E-state index contributed by atoms with van der Waals surface area (Å²) in [5, 5.41) is 2.84. The quantitative estimate of drug-likeness (QED) is 0.534. The number of hydrogen-bond acceptors (Lipinski definition) is 1. The lowest BCUT2D eigenvalue weighted by molar-refractivity contribution is -0.117. The van der Waals surface area contributed by atoms with Gasteiger partial charge in [0.1, 0.15) is 0 Å². The second-order valence-corrected chi connectivity index (χ2v) is 2.97. The first-order chi connectivity index (χ1) is 4.61. The van der Waals surface area contributed by atoms with E-state index in [-0.39, 0.29) is 11.9 Å². The highest BCUT2D eigenvalue weighted by Crippen LogP contribution is 2.17. The molecular weight excluding hydrogens is 126 g/mol. The predicted molar refractivity (Wildman–Crippen MR) is 40.5 cm³/mol. The average molecular weight is 139 g/mol. The summed E-state index contributed by atoms with van der Waals surface area (Å²) in [6, 6.07) is 0.289. The van der Waals surface area contributed by atoms with E-state index in [9.17, 15) is 4.79 Å². The molecule has 0 fully saturated rings. The first kappa shape index (κ1) is 7.32. The third-order valence-corrected chi connectivity index (χ3v) is 2.20. The van der Waals surface area contributed by atoms with E-state index in [1.165, 1.54) is 5.57 Å². The molecule has 0 radical (unpaired) electrons. The first-order valence-electron chi connectivity index (χ1n) is 3.60. The fourth-order valence-corrected chi connectivity index (χ4v) is 1.12. The predicted octanol–water partition coefficient (Wildman–Crippen LogP) is 1.09. The van der Waals surface area contributed by atoms with Crippen LogP contribution in [0, 0.1) is 5.92 Å². The number of hydrogen-bond donors (Lipinski definition) is 1. The summed E-state index contributed by atoms with van der Waals surface area (Å²) in [6.07, 6.45) is 1.67. The van der Waals surface area contributed by atoms with E-state index in [1.54, 1.807) is 6.08 Å². The molecule has 2 atom stereocenters. The summed E-state index contributed by atoms with van der Waals surface area (Å²) in [5.74, 6) is 0.529. The van der Waals surface area contributed by atoms with Gasteiger partial charge >= 0.3 is 0 Å². The molecule has 1 aliphatic rings. The van der Waals surface area contributed by atoms with Crippen LogP contribution in [0.2, 0.25) is 0 Å². The van der Waals surface area contributed by atoms with Gasteiger partial charge in [-0.25, -0.2) is 0 Å². The Kier molecular flexibility index (Phi) is 1.79. The molecule has 0 saturated heterocycles. The molecule has 0 aromatic rings. The van der Waals surface area contributed by atoms with Crippen LogP contribution >= 0.6 is 0 Å². The van der Waals surface area contributed by atoms with Crippen LogP contribution in [0.4, 0.5) is 0 Å². The molecule has 1 amide bonds. The van der Waals surface area contributed by atoms with Crippen molar-refractivity contribution in [3.63, 3.8) is 0 Å². The minimum absolute atomic E-state index is 0.0445. The van der Waals surface area contributed by atoms with Crippen molar-refractivity contribution in [2.75, 3.05) is 0 Å². The van der Waals surface area contributed by atoms with E-state index in [0.717, 1.165) is 0 Å². The highest BCUT2D eigenvalue weighted by atomic mass is 16.1. The van der Waals surface area contributed by atoms with Crippen LogP contribution in [-0.4, -0.2) is 11.9 Å². The van der Waals surface area contributed by atoms with Crippen molar-refractivity contribution in [1.82, 2.24) is 5.32 Å². The maximum absolute atomic E-state index is 10.8. The monoisotopic (exact) mass is 139 g/mol. The molecule has 0 spiro atoms. The van der Waals surface area contributed by atoms with Crippen LogP contribution in [0.3, 0.4) is 0 Å². The zero-order chi connectivity index (χ0) is 7.72. The fourth-order valence-electron chi connectivity index (χ4n) is 1.12. The van der Waals surface area contributed by atoms with E-state index >= 15 is 0 Å². The second-order valence-electron chi connectivity index (χ2n) is 2.97. The van der Waals surface area contributed by atoms with Crippen LogP contribution in [0.5, 0.6) is 0 Å². The van der Waals surface area contributed by atoms with E-state index in [2.05, 4.69) is 12.2 Å². The Hall–Kier alpha value is -0.790. The van der Waals surface area contributed by atoms with E-state index in [4.69, 9.17) is 0 Å². The highest BCUT2D eigenvalue weighted by molar-refractivity contribution is 5.89. The van der Waals surface area contributed by atoms with Gasteiger partial charge in [-0.2, -0.15) is 0 Å². The molecule has 10 heavy (non-hydrogen) atoms. The Morgan fingerprint density at radius 3 is 2.60 bits per heavy atom. The maximum Gasteiger partial charge on any atom is 0.244 e. The Balaban J connectivity index is 2.80. The minimum atomic E-state index is 0.0445. The highest BCUT2D eigenvalue weighted by Gasteiger charge is 2.20. The van der Waals surface area contributed by atoms with Crippen molar-refractivity contribution in [2.24, 2.45) is 5.92 Å². The molecule has 0 aliphatic carbocycles. The van der Waals surface area contributed by atoms with Gasteiger partial charge < -0.3 is 5.32 Å². The number of nitrogens with one attached hydrogen (secondary N) is 1. The molecule has 0 aromatic heterocycles. The lowest BCUT2D eigenvalue weighted by Gasteiger charge is -2.25. The van der Waals surface area contributed by atoms with Gasteiger partial charge in [0.2, 0.25) is 5.91 Å². The van der Waals surface area contributed by atoms with Gasteiger partial charge in [0.05, 0.1) is 0 Å². The SMILES string of the molecule is CC1=CC(=O)NC(C)C1C. The van der Waals surface area contributed by atoms with E-state index in [1.807, 2.05) is 13.8 Å². The fraction of sp³-hybridized carbons (Fsp3) is 0.625. The first-order valence-corrected chi connectivity index (χ1v) is 3.60. The Morgan fingerprint density at radius 2 is 2.10 bits per heavy atom. The maximum atomic E-state index is 10.8. The summed E-state index contributed by atoms with van der Waals surface area (Å²) in [5.41, 5.74) is 1.18. The molecule has 1 aliphatic heterocycles. The largest absolute Gasteiger partial charge is 0.350 e. The molecule has 2 unspecified atom stereocenters. The lowest BCUT2D eigenvalue weighted by Crippen LogP contribution is -2.40. The van der Waals surface area contributed by atoms with Crippen molar-refractivity contribution >= 4 is 5.91 Å². The average Bonchev–Trinajstić information content (AvgIpc) is 1.82. The van der Waals surface area contributed by atoms with Crippen LogP contribution < -0.4 is 5.32 Å². The molecule has 0 aromatic carbocycles. The molecule has 2 nitrogen and oxygen atoms in total. The molecule has 0 bridgehead atoms. The molecule has 0 saturated carbocycles. The standard InChI is InChI=1S/C8H13NO/c1-5-4-8(10)9-7(3)6(5)2/h4,6-7H,1-3H3,(H,9,10). The van der Waals surface area contributed by atoms with Gasteiger partial charge in [-0.15, -0.1) is 0 Å². The molecular formula is C8H13NO. The number of carbonyl (C=O) groups is 1. The second kappa shape index (κ2) is 2.45. The van der Waals surface area contributed by atoms with Crippen LogP contribution in [0.25, 0.3) is 0 Å². The van der Waals surface area contributed by atoms with Gasteiger partial charge in [-0.05, 0) is 19.8 Å². The van der Waals surface area contributed by atoms with Crippen LogP contribution in [0.1, 0.15) is 20.8 Å². The Bertz CT molecular complexity index is 184. The van der Waals surface area contributed by atoms with Crippen molar-refractivity contribution < 1.29 is 4.79 Å². The van der Waals surface area contributed by atoms with Gasteiger partial charge in [0.25, 0.3) is 0 Å². The smallest absolute Gasteiger partial charge is 0.244 e. The zero-order valence-corrected chi connectivity index (χ0v) is 6.64. The van der Waals surface area contributed by atoms with Crippen LogP contribution in [0.15, 0.2) is 11.6 Å². The molecule has 1 heterocycles. The summed E-state index contributed by atoms with van der Waals surface area (Å²) in [6.45, 7) is 6.15. The van der Waals surface area contributed by atoms with Crippen molar-refractivity contribution in [3.8, 4) is 0 Å². The van der Waals surface area contributed by atoms with Crippen LogP contribution in [-0.2, 0) is 4.79 Å². The Morgan fingerprint density at radius 1 is 1.50 bits per heavy atom. The summed E-state index contributed by atoms with van der Waals surface area (Å²) in [4.78, 5) is 10.8.